The summed E-state index contributed by atoms with van der Waals surface area (Å²) in [6.07, 6.45) is 0.386. The Morgan fingerprint density at radius 3 is 2.35 bits per heavy atom. The molecule has 0 aromatic heterocycles. The standard InChI is InChI=1S/C13H17N3O4/c1-9(18)15-10-4-2-5-11(8-10)16-13(20)12(19)14-6-3-7-17/h2,4-5,8,17H,3,6-7H2,1H3,(H,14,19)(H,15,18)(H,16,20). The summed E-state index contributed by atoms with van der Waals surface area (Å²) in [4.78, 5) is 33.9. The zero-order valence-corrected chi connectivity index (χ0v) is 11.1. The lowest BCUT2D eigenvalue weighted by Crippen LogP contribution is -2.36. The van der Waals surface area contributed by atoms with Crippen LogP contribution in [0, 0.1) is 0 Å². The van der Waals surface area contributed by atoms with E-state index in [-0.39, 0.29) is 19.1 Å². The highest BCUT2D eigenvalue weighted by molar-refractivity contribution is 6.39. The Hall–Kier alpha value is -2.41. The largest absolute Gasteiger partial charge is 0.396 e. The summed E-state index contributed by atoms with van der Waals surface area (Å²) >= 11 is 0. The van der Waals surface area contributed by atoms with Crippen molar-refractivity contribution in [1.29, 1.82) is 0 Å². The van der Waals surface area contributed by atoms with E-state index in [1.165, 1.54) is 6.92 Å². The van der Waals surface area contributed by atoms with Crippen LogP contribution in [0.1, 0.15) is 13.3 Å². The van der Waals surface area contributed by atoms with Crippen LogP contribution in [0.2, 0.25) is 0 Å². The molecule has 0 aliphatic heterocycles. The maximum atomic E-state index is 11.6. The van der Waals surface area contributed by atoms with Gasteiger partial charge in [0, 0.05) is 31.5 Å². The van der Waals surface area contributed by atoms with Gasteiger partial charge in [-0.05, 0) is 24.6 Å². The van der Waals surface area contributed by atoms with E-state index in [2.05, 4.69) is 16.0 Å². The topological polar surface area (TPSA) is 108 Å². The fourth-order valence-electron chi connectivity index (χ4n) is 1.43. The van der Waals surface area contributed by atoms with Crippen molar-refractivity contribution in [1.82, 2.24) is 5.32 Å². The second kappa shape index (κ2) is 7.90. The zero-order valence-electron chi connectivity index (χ0n) is 11.1. The van der Waals surface area contributed by atoms with E-state index < -0.39 is 11.8 Å². The van der Waals surface area contributed by atoms with Crippen LogP contribution in [0.25, 0.3) is 0 Å². The number of aliphatic hydroxyl groups is 1. The van der Waals surface area contributed by atoms with Crippen LogP contribution in [0.3, 0.4) is 0 Å². The van der Waals surface area contributed by atoms with Crippen LogP contribution in [-0.4, -0.2) is 36.0 Å². The van der Waals surface area contributed by atoms with E-state index in [4.69, 9.17) is 5.11 Å². The van der Waals surface area contributed by atoms with Crippen molar-refractivity contribution in [3.05, 3.63) is 24.3 Å². The molecule has 1 aromatic rings. The molecule has 0 radical (unpaired) electrons. The van der Waals surface area contributed by atoms with Crippen LogP contribution in [-0.2, 0) is 14.4 Å². The third-order valence-corrected chi connectivity index (χ3v) is 2.27. The minimum Gasteiger partial charge on any atom is -0.396 e. The van der Waals surface area contributed by atoms with Gasteiger partial charge in [-0.3, -0.25) is 14.4 Å². The highest BCUT2D eigenvalue weighted by Gasteiger charge is 2.12. The van der Waals surface area contributed by atoms with Crippen LogP contribution < -0.4 is 16.0 Å². The SMILES string of the molecule is CC(=O)Nc1cccc(NC(=O)C(=O)NCCCO)c1. The molecule has 7 nitrogen and oxygen atoms in total. The highest BCUT2D eigenvalue weighted by Crippen LogP contribution is 2.14. The molecule has 108 valence electrons. The summed E-state index contributed by atoms with van der Waals surface area (Å²) in [6, 6.07) is 6.45. The predicted molar refractivity (Wildman–Crippen MR) is 74.1 cm³/mol. The van der Waals surface area contributed by atoms with Gasteiger partial charge in [0.1, 0.15) is 0 Å². The molecule has 0 unspecified atom stereocenters. The normalized spacial score (nSPS) is 9.70. The Bertz CT molecular complexity index is 502. The first-order chi connectivity index (χ1) is 9.52. The van der Waals surface area contributed by atoms with Gasteiger partial charge in [-0.15, -0.1) is 0 Å². The number of carbonyl (C=O) groups is 3. The van der Waals surface area contributed by atoms with Gasteiger partial charge in [0.15, 0.2) is 0 Å². The number of anilines is 2. The second-order valence-electron chi connectivity index (χ2n) is 4.05. The number of carbonyl (C=O) groups excluding carboxylic acids is 3. The molecular weight excluding hydrogens is 262 g/mol. The van der Waals surface area contributed by atoms with Crippen LogP contribution in [0.4, 0.5) is 11.4 Å². The van der Waals surface area contributed by atoms with Crippen molar-refractivity contribution in [2.24, 2.45) is 0 Å². The van der Waals surface area contributed by atoms with Gasteiger partial charge in [0.05, 0.1) is 0 Å². The van der Waals surface area contributed by atoms with Gasteiger partial charge in [-0.25, -0.2) is 0 Å². The second-order valence-corrected chi connectivity index (χ2v) is 4.05. The first-order valence-electron chi connectivity index (χ1n) is 6.10. The number of hydrogen-bond donors (Lipinski definition) is 4. The van der Waals surface area contributed by atoms with Crippen molar-refractivity contribution in [2.75, 3.05) is 23.8 Å². The lowest BCUT2D eigenvalue weighted by molar-refractivity contribution is -0.136. The fraction of sp³-hybridized carbons (Fsp3) is 0.308. The Labute approximate surface area is 116 Å². The average Bonchev–Trinajstić information content (AvgIpc) is 2.38. The minimum absolute atomic E-state index is 0.0549. The lowest BCUT2D eigenvalue weighted by atomic mass is 10.2. The van der Waals surface area contributed by atoms with E-state index in [1.807, 2.05) is 0 Å². The summed E-state index contributed by atoms with van der Waals surface area (Å²) in [7, 11) is 0. The Kier molecular flexibility index (Phi) is 6.18. The molecule has 0 bridgehead atoms. The summed E-state index contributed by atoms with van der Waals surface area (Å²) in [6.45, 7) is 1.55. The van der Waals surface area contributed by atoms with Crippen LogP contribution >= 0.6 is 0 Å². The maximum absolute atomic E-state index is 11.6. The highest BCUT2D eigenvalue weighted by atomic mass is 16.3. The molecule has 1 aromatic carbocycles. The molecule has 0 aliphatic rings. The minimum atomic E-state index is -0.803. The molecule has 4 N–H and O–H groups in total. The third kappa shape index (κ3) is 5.49. The van der Waals surface area contributed by atoms with E-state index in [0.29, 0.717) is 17.8 Å². The van der Waals surface area contributed by atoms with Crippen molar-refractivity contribution in [3.63, 3.8) is 0 Å². The van der Waals surface area contributed by atoms with Gasteiger partial charge in [0.2, 0.25) is 5.91 Å². The predicted octanol–water partition coefficient (Wildman–Crippen LogP) is 0.0821. The summed E-state index contributed by atoms with van der Waals surface area (Å²) in [5.74, 6) is -1.80. The molecule has 0 atom stereocenters. The van der Waals surface area contributed by atoms with Crippen LogP contribution in [0.5, 0.6) is 0 Å². The number of amides is 3. The van der Waals surface area contributed by atoms with E-state index in [0.717, 1.165) is 0 Å². The summed E-state index contributed by atoms with van der Waals surface area (Å²) in [5.41, 5.74) is 0.926. The molecule has 0 spiro atoms. The van der Waals surface area contributed by atoms with E-state index in [1.54, 1.807) is 24.3 Å². The van der Waals surface area contributed by atoms with E-state index >= 15 is 0 Å². The molecule has 0 saturated heterocycles. The van der Waals surface area contributed by atoms with Crippen molar-refractivity contribution in [3.8, 4) is 0 Å². The average molecular weight is 279 g/mol. The van der Waals surface area contributed by atoms with Crippen molar-refractivity contribution in [2.45, 2.75) is 13.3 Å². The van der Waals surface area contributed by atoms with Gasteiger partial charge < -0.3 is 21.1 Å². The van der Waals surface area contributed by atoms with Crippen molar-refractivity contribution < 1.29 is 19.5 Å². The first kappa shape index (κ1) is 15.6. The number of rotatable bonds is 5. The summed E-state index contributed by atoms with van der Waals surface area (Å²) in [5, 5.41) is 15.9. The molecular formula is C13H17N3O4. The molecule has 0 saturated carbocycles. The maximum Gasteiger partial charge on any atom is 0.313 e. The zero-order chi connectivity index (χ0) is 15.0. The van der Waals surface area contributed by atoms with Crippen LogP contribution in [0.15, 0.2) is 24.3 Å². The Morgan fingerprint density at radius 2 is 1.75 bits per heavy atom. The van der Waals surface area contributed by atoms with Gasteiger partial charge >= 0.3 is 11.8 Å². The number of aliphatic hydroxyl groups excluding tert-OH is 1. The lowest BCUT2D eigenvalue weighted by Gasteiger charge is -2.08. The molecule has 20 heavy (non-hydrogen) atoms. The molecule has 0 aliphatic carbocycles. The fourth-order valence-corrected chi connectivity index (χ4v) is 1.43. The Balaban J connectivity index is 2.57. The molecule has 0 heterocycles. The van der Waals surface area contributed by atoms with Gasteiger partial charge in [0.25, 0.3) is 0 Å². The quantitative estimate of drug-likeness (QED) is 0.452. The van der Waals surface area contributed by atoms with Gasteiger partial charge in [-0.2, -0.15) is 0 Å². The monoisotopic (exact) mass is 279 g/mol. The molecule has 1 rings (SSSR count). The summed E-state index contributed by atoms with van der Waals surface area (Å²) < 4.78 is 0. The third-order valence-electron chi connectivity index (χ3n) is 2.27. The smallest absolute Gasteiger partial charge is 0.313 e. The molecule has 3 amide bonds. The molecule has 0 fully saturated rings. The number of benzene rings is 1. The van der Waals surface area contributed by atoms with Gasteiger partial charge in [-0.1, -0.05) is 6.07 Å². The number of nitrogens with one attached hydrogen (secondary N) is 3. The Morgan fingerprint density at radius 1 is 1.10 bits per heavy atom. The van der Waals surface area contributed by atoms with Crippen molar-refractivity contribution >= 4 is 29.1 Å². The van der Waals surface area contributed by atoms with E-state index in [9.17, 15) is 14.4 Å². The number of hydrogen-bond acceptors (Lipinski definition) is 4. The first-order valence-corrected chi connectivity index (χ1v) is 6.10. The molecule has 7 heteroatoms.